The van der Waals surface area contributed by atoms with Crippen LogP contribution in [0.5, 0.6) is 11.5 Å². The Hall–Kier alpha value is -2.92. The fraction of sp³-hybridized carbons (Fsp3) is 0.174. The van der Waals surface area contributed by atoms with Crippen LogP contribution in [0, 0.1) is 0 Å². The number of hydrogen-bond donors (Lipinski definition) is 1. The number of carbonyl (C=O) groups is 1. The standard InChI is InChI=1S/C23H21NO3S/c1-16(28-18-11-12-21-22(15-18)27-14-13-26-21)23(25)24-20-10-6-5-9-19(20)17-7-3-2-4-8-17/h2-12,15-16H,13-14H2,1H3,(H,24,25)/t16-/m0/s1. The quantitative estimate of drug-likeness (QED) is 0.604. The average Bonchev–Trinajstić information content (AvgIpc) is 2.74. The van der Waals surface area contributed by atoms with Gasteiger partial charge in [0.2, 0.25) is 5.91 Å². The Morgan fingerprint density at radius 2 is 1.64 bits per heavy atom. The van der Waals surface area contributed by atoms with Gasteiger partial charge in [0.1, 0.15) is 13.2 Å². The van der Waals surface area contributed by atoms with Gasteiger partial charge >= 0.3 is 0 Å². The minimum absolute atomic E-state index is 0.0386. The zero-order chi connectivity index (χ0) is 19.3. The highest BCUT2D eigenvalue weighted by Crippen LogP contribution is 2.36. The first-order valence-corrected chi connectivity index (χ1v) is 10.1. The molecular formula is C23H21NO3S. The maximum absolute atomic E-state index is 12.8. The van der Waals surface area contributed by atoms with Crippen molar-refractivity contribution >= 4 is 23.4 Å². The minimum atomic E-state index is -0.258. The molecule has 1 aliphatic rings. The number of thioether (sulfide) groups is 1. The van der Waals surface area contributed by atoms with Crippen LogP contribution < -0.4 is 14.8 Å². The summed E-state index contributed by atoms with van der Waals surface area (Å²) >= 11 is 1.50. The predicted molar refractivity (Wildman–Crippen MR) is 113 cm³/mol. The maximum Gasteiger partial charge on any atom is 0.237 e. The lowest BCUT2D eigenvalue weighted by atomic mass is 10.0. The van der Waals surface area contributed by atoms with Gasteiger partial charge in [0.05, 0.1) is 5.25 Å². The predicted octanol–water partition coefficient (Wildman–Crippen LogP) is 5.24. The van der Waals surface area contributed by atoms with E-state index in [-0.39, 0.29) is 11.2 Å². The number of nitrogens with one attached hydrogen (secondary N) is 1. The van der Waals surface area contributed by atoms with Crippen molar-refractivity contribution in [3.63, 3.8) is 0 Å². The number of hydrogen-bond acceptors (Lipinski definition) is 4. The maximum atomic E-state index is 12.8. The van der Waals surface area contributed by atoms with Crippen molar-refractivity contribution in [2.45, 2.75) is 17.1 Å². The Bertz CT molecular complexity index is 975. The number of anilines is 1. The zero-order valence-electron chi connectivity index (χ0n) is 15.6. The number of fused-ring (bicyclic) bond motifs is 1. The first-order valence-electron chi connectivity index (χ1n) is 9.22. The molecule has 0 bridgehead atoms. The normalized spacial score (nSPS) is 13.6. The van der Waals surface area contributed by atoms with Crippen LogP contribution in [-0.4, -0.2) is 24.4 Å². The third-order valence-corrected chi connectivity index (χ3v) is 5.56. The number of benzene rings is 3. The van der Waals surface area contributed by atoms with Crippen molar-refractivity contribution < 1.29 is 14.3 Å². The zero-order valence-corrected chi connectivity index (χ0v) is 16.4. The fourth-order valence-electron chi connectivity index (χ4n) is 3.05. The lowest BCUT2D eigenvalue weighted by molar-refractivity contribution is -0.115. The summed E-state index contributed by atoms with van der Waals surface area (Å²) in [6.07, 6.45) is 0. The molecule has 28 heavy (non-hydrogen) atoms. The molecule has 0 unspecified atom stereocenters. The van der Waals surface area contributed by atoms with Gasteiger partial charge in [-0.25, -0.2) is 0 Å². The Morgan fingerprint density at radius 3 is 2.46 bits per heavy atom. The van der Waals surface area contributed by atoms with Gasteiger partial charge in [-0.15, -0.1) is 11.8 Å². The third-order valence-electron chi connectivity index (χ3n) is 4.47. The van der Waals surface area contributed by atoms with Crippen LogP contribution in [-0.2, 0) is 4.79 Å². The van der Waals surface area contributed by atoms with Crippen LogP contribution in [0.1, 0.15) is 6.92 Å². The molecule has 1 aliphatic heterocycles. The molecule has 142 valence electrons. The van der Waals surface area contributed by atoms with E-state index in [1.807, 2.05) is 79.7 Å². The fourth-order valence-corrected chi connectivity index (χ4v) is 3.95. The van der Waals surface area contributed by atoms with Gasteiger partial charge in [-0.1, -0.05) is 48.5 Å². The number of rotatable bonds is 5. The van der Waals surface area contributed by atoms with E-state index in [4.69, 9.17) is 9.47 Å². The molecule has 0 fully saturated rings. The van der Waals surface area contributed by atoms with Crippen molar-refractivity contribution in [1.29, 1.82) is 0 Å². The summed E-state index contributed by atoms with van der Waals surface area (Å²) < 4.78 is 11.2. The Labute approximate surface area is 168 Å². The summed E-state index contributed by atoms with van der Waals surface area (Å²) in [4.78, 5) is 13.8. The van der Waals surface area contributed by atoms with Gasteiger partial charge in [-0.2, -0.15) is 0 Å². The van der Waals surface area contributed by atoms with Crippen LogP contribution >= 0.6 is 11.8 Å². The van der Waals surface area contributed by atoms with Gasteiger partial charge in [-0.3, -0.25) is 4.79 Å². The highest BCUT2D eigenvalue weighted by atomic mass is 32.2. The highest BCUT2D eigenvalue weighted by Gasteiger charge is 2.18. The first kappa shape index (κ1) is 18.4. The van der Waals surface area contributed by atoms with Gasteiger partial charge in [0.15, 0.2) is 11.5 Å². The molecular weight excluding hydrogens is 370 g/mol. The van der Waals surface area contributed by atoms with E-state index >= 15 is 0 Å². The molecule has 1 N–H and O–H groups in total. The largest absolute Gasteiger partial charge is 0.486 e. The van der Waals surface area contributed by atoms with E-state index in [0.29, 0.717) is 13.2 Å². The van der Waals surface area contributed by atoms with E-state index < -0.39 is 0 Å². The summed E-state index contributed by atoms with van der Waals surface area (Å²) in [7, 11) is 0. The molecule has 3 aromatic carbocycles. The van der Waals surface area contributed by atoms with Gasteiger partial charge < -0.3 is 14.8 Å². The van der Waals surface area contributed by atoms with Crippen LogP contribution in [0.4, 0.5) is 5.69 Å². The van der Waals surface area contributed by atoms with Crippen molar-refractivity contribution in [3.8, 4) is 22.6 Å². The van der Waals surface area contributed by atoms with Gasteiger partial charge in [-0.05, 0) is 36.8 Å². The second-order valence-corrected chi connectivity index (χ2v) is 7.88. The Morgan fingerprint density at radius 1 is 0.929 bits per heavy atom. The second kappa shape index (κ2) is 8.40. The third kappa shape index (κ3) is 4.15. The van der Waals surface area contributed by atoms with E-state index in [2.05, 4.69) is 5.32 Å². The molecule has 0 aliphatic carbocycles. The molecule has 3 aromatic rings. The smallest absolute Gasteiger partial charge is 0.237 e. The van der Waals surface area contributed by atoms with Crippen molar-refractivity contribution in [2.24, 2.45) is 0 Å². The molecule has 4 nitrogen and oxygen atoms in total. The summed E-state index contributed by atoms with van der Waals surface area (Å²) in [6.45, 7) is 3.02. The Kier molecular flexibility index (Phi) is 5.53. The monoisotopic (exact) mass is 391 g/mol. The minimum Gasteiger partial charge on any atom is -0.486 e. The summed E-state index contributed by atoms with van der Waals surface area (Å²) in [5.74, 6) is 1.45. The van der Waals surface area contributed by atoms with E-state index in [0.717, 1.165) is 33.2 Å². The lowest BCUT2D eigenvalue weighted by Gasteiger charge is -2.19. The number of amides is 1. The van der Waals surface area contributed by atoms with E-state index in [9.17, 15) is 4.79 Å². The van der Waals surface area contributed by atoms with Crippen molar-refractivity contribution in [1.82, 2.24) is 0 Å². The first-order chi connectivity index (χ1) is 13.7. The van der Waals surface area contributed by atoms with Gasteiger partial charge in [0, 0.05) is 16.1 Å². The van der Waals surface area contributed by atoms with Crippen molar-refractivity contribution in [3.05, 3.63) is 72.8 Å². The average molecular weight is 391 g/mol. The molecule has 0 saturated heterocycles. The molecule has 0 saturated carbocycles. The summed E-state index contributed by atoms with van der Waals surface area (Å²) in [5, 5.41) is 2.82. The molecule has 5 heteroatoms. The van der Waals surface area contributed by atoms with Gasteiger partial charge in [0.25, 0.3) is 0 Å². The highest BCUT2D eigenvalue weighted by molar-refractivity contribution is 8.00. The molecule has 0 spiro atoms. The summed E-state index contributed by atoms with van der Waals surface area (Å²) in [5.41, 5.74) is 2.90. The van der Waals surface area contributed by atoms with Crippen molar-refractivity contribution in [2.75, 3.05) is 18.5 Å². The topological polar surface area (TPSA) is 47.6 Å². The summed E-state index contributed by atoms with van der Waals surface area (Å²) in [6, 6.07) is 23.7. The molecule has 0 radical (unpaired) electrons. The van der Waals surface area contributed by atoms with E-state index in [1.54, 1.807) is 0 Å². The molecule has 1 atom stereocenters. The van der Waals surface area contributed by atoms with Crippen LogP contribution in [0.15, 0.2) is 77.7 Å². The molecule has 4 rings (SSSR count). The van der Waals surface area contributed by atoms with Crippen LogP contribution in [0.2, 0.25) is 0 Å². The number of carbonyl (C=O) groups excluding carboxylic acids is 1. The second-order valence-electron chi connectivity index (χ2n) is 6.47. The van der Waals surface area contributed by atoms with E-state index in [1.165, 1.54) is 11.8 Å². The molecule has 1 amide bonds. The van der Waals surface area contributed by atoms with Crippen LogP contribution in [0.25, 0.3) is 11.1 Å². The molecule has 1 heterocycles. The lowest BCUT2D eigenvalue weighted by Crippen LogP contribution is -2.22. The molecule has 0 aromatic heterocycles. The number of ether oxygens (including phenoxy) is 2. The SMILES string of the molecule is C[C@H](Sc1ccc2c(c1)OCCO2)C(=O)Nc1ccccc1-c1ccccc1. The van der Waals surface area contributed by atoms with Crippen LogP contribution in [0.3, 0.4) is 0 Å². The Balaban J connectivity index is 1.47. The number of para-hydroxylation sites is 1.